The molecular weight excluding hydrogens is 347 g/mol. The monoisotopic (exact) mass is 373 g/mol. The van der Waals surface area contributed by atoms with Crippen LogP contribution in [0.25, 0.3) is 0 Å². The molecule has 1 aromatic rings. The van der Waals surface area contributed by atoms with E-state index in [4.69, 9.17) is 10.5 Å². The number of hydrogen-bond donors (Lipinski definition) is 1. The van der Waals surface area contributed by atoms with Gasteiger partial charge in [0.05, 0.1) is 5.56 Å². The van der Waals surface area contributed by atoms with Gasteiger partial charge in [-0.1, -0.05) is 6.07 Å². The summed E-state index contributed by atoms with van der Waals surface area (Å²) < 4.78 is 45.0. The Balaban J connectivity index is 2.03. The van der Waals surface area contributed by atoms with Crippen molar-refractivity contribution in [2.24, 2.45) is 0 Å². The number of hydrogen-bond acceptors (Lipinski definition) is 4. The van der Waals surface area contributed by atoms with Gasteiger partial charge in [0.15, 0.2) is 0 Å². The zero-order valence-corrected chi connectivity index (χ0v) is 15.6. The topological polar surface area (TPSA) is 58.8 Å². The number of ether oxygens (including phenoxy) is 1. The largest absolute Gasteiger partial charge is 0.444 e. The molecule has 1 fully saturated rings. The zero-order chi connectivity index (χ0) is 19.7. The van der Waals surface area contributed by atoms with Crippen molar-refractivity contribution in [1.82, 2.24) is 9.80 Å². The van der Waals surface area contributed by atoms with E-state index in [-0.39, 0.29) is 23.8 Å². The number of benzene rings is 1. The van der Waals surface area contributed by atoms with Crippen LogP contribution < -0.4 is 5.73 Å². The average molecular weight is 373 g/mol. The summed E-state index contributed by atoms with van der Waals surface area (Å²) in [5, 5.41) is 0. The number of alkyl halides is 3. The number of anilines is 1. The predicted octanol–water partition coefficient (Wildman–Crippen LogP) is 3.73. The van der Waals surface area contributed by atoms with Gasteiger partial charge in [-0.3, -0.25) is 4.90 Å². The Morgan fingerprint density at radius 2 is 2.00 bits per heavy atom. The van der Waals surface area contributed by atoms with Gasteiger partial charge >= 0.3 is 12.3 Å². The molecule has 1 heterocycles. The number of carbonyl (C=O) groups excluding carboxylic acids is 1. The smallest absolute Gasteiger partial charge is 0.416 e. The second-order valence-corrected chi connectivity index (χ2v) is 7.68. The number of likely N-dealkylation sites (tertiary alicyclic amines) is 1. The van der Waals surface area contributed by atoms with Gasteiger partial charge in [0.2, 0.25) is 0 Å². The molecule has 2 N–H and O–H groups in total. The highest BCUT2D eigenvalue weighted by molar-refractivity contribution is 5.68. The van der Waals surface area contributed by atoms with E-state index in [2.05, 4.69) is 0 Å². The molecule has 1 aliphatic rings. The maximum Gasteiger partial charge on any atom is 0.416 e. The molecular formula is C18H26F3N3O2. The van der Waals surface area contributed by atoms with E-state index in [1.54, 1.807) is 27.8 Å². The zero-order valence-electron chi connectivity index (χ0n) is 15.6. The van der Waals surface area contributed by atoms with Gasteiger partial charge in [-0.2, -0.15) is 13.2 Å². The van der Waals surface area contributed by atoms with Crippen molar-refractivity contribution in [3.63, 3.8) is 0 Å². The minimum atomic E-state index is -4.45. The molecule has 0 radical (unpaired) electrons. The Bertz CT molecular complexity index is 656. The molecule has 0 saturated carbocycles. The van der Waals surface area contributed by atoms with Crippen molar-refractivity contribution >= 4 is 11.8 Å². The Kier molecular flexibility index (Phi) is 5.75. The summed E-state index contributed by atoms with van der Waals surface area (Å²) in [7, 11) is 1.66. The molecule has 0 unspecified atom stereocenters. The van der Waals surface area contributed by atoms with E-state index in [1.165, 1.54) is 17.0 Å². The van der Waals surface area contributed by atoms with Crippen LogP contribution in [0.4, 0.5) is 23.7 Å². The van der Waals surface area contributed by atoms with Gasteiger partial charge in [0, 0.05) is 38.4 Å². The number of nitrogens with zero attached hydrogens (tertiary/aromatic N) is 2. The summed E-state index contributed by atoms with van der Waals surface area (Å²) in [6.07, 6.45) is -4.18. The lowest BCUT2D eigenvalue weighted by atomic mass is 10.1. The Hall–Kier alpha value is -1.96. The molecule has 8 heteroatoms. The quantitative estimate of drug-likeness (QED) is 0.821. The fourth-order valence-electron chi connectivity index (χ4n) is 2.99. The van der Waals surface area contributed by atoms with Crippen molar-refractivity contribution < 1.29 is 22.7 Å². The second kappa shape index (κ2) is 7.34. The van der Waals surface area contributed by atoms with Gasteiger partial charge in [0.25, 0.3) is 0 Å². The van der Waals surface area contributed by atoms with Crippen molar-refractivity contribution in [3.8, 4) is 0 Å². The number of nitrogen functional groups attached to an aromatic ring is 1. The van der Waals surface area contributed by atoms with Crippen LogP contribution in [0, 0.1) is 0 Å². The normalized spacial score (nSPS) is 18.8. The van der Waals surface area contributed by atoms with E-state index < -0.39 is 23.4 Å². The van der Waals surface area contributed by atoms with Gasteiger partial charge in [-0.05, 0) is 44.9 Å². The minimum absolute atomic E-state index is 0.0880. The SMILES string of the molecule is CN(C(=O)OC(C)(C)C)[C@@H]1CCN(Cc2ccc(N)cc2C(F)(F)F)C1. The van der Waals surface area contributed by atoms with Crippen LogP contribution in [0.5, 0.6) is 0 Å². The summed E-state index contributed by atoms with van der Waals surface area (Å²) in [4.78, 5) is 15.6. The average Bonchev–Trinajstić information content (AvgIpc) is 2.94. The number of amides is 1. The molecule has 0 bridgehead atoms. The number of carbonyl (C=O) groups is 1. The number of halogens is 3. The van der Waals surface area contributed by atoms with E-state index in [0.29, 0.717) is 19.5 Å². The Labute approximate surface area is 151 Å². The molecule has 1 atom stereocenters. The standard InChI is InChI=1S/C18H26F3N3O2/c1-17(2,3)26-16(25)23(4)14-7-8-24(11-14)10-12-5-6-13(22)9-15(12)18(19,20)21/h5-6,9,14H,7-8,10-11,22H2,1-4H3/t14-/m1/s1. The molecule has 1 aromatic carbocycles. The molecule has 26 heavy (non-hydrogen) atoms. The van der Waals surface area contributed by atoms with Gasteiger partial charge in [-0.15, -0.1) is 0 Å². The highest BCUT2D eigenvalue weighted by Crippen LogP contribution is 2.34. The first-order valence-electron chi connectivity index (χ1n) is 8.50. The number of rotatable bonds is 3. The maximum absolute atomic E-state index is 13.2. The molecule has 1 aliphatic heterocycles. The first-order valence-corrected chi connectivity index (χ1v) is 8.50. The summed E-state index contributed by atoms with van der Waals surface area (Å²) >= 11 is 0. The fourth-order valence-corrected chi connectivity index (χ4v) is 2.99. The third-order valence-corrected chi connectivity index (χ3v) is 4.31. The van der Waals surface area contributed by atoms with Crippen LogP contribution >= 0.6 is 0 Å². The molecule has 1 amide bonds. The highest BCUT2D eigenvalue weighted by atomic mass is 19.4. The lowest BCUT2D eigenvalue weighted by Gasteiger charge is -2.28. The van der Waals surface area contributed by atoms with E-state index in [0.717, 1.165) is 6.07 Å². The van der Waals surface area contributed by atoms with Crippen LogP contribution in [0.3, 0.4) is 0 Å². The molecule has 0 aliphatic carbocycles. The van der Waals surface area contributed by atoms with Crippen LogP contribution in [-0.2, 0) is 17.5 Å². The molecule has 5 nitrogen and oxygen atoms in total. The summed E-state index contributed by atoms with van der Waals surface area (Å²) in [5.74, 6) is 0. The molecule has 146 valence electrons. The summed E-state index contributed by atoms with van der Waals surface area (Å²) in [5.41, 5.74) is 4.49. The third kappa shape index (κ3) is 5.27. The van der Waals surface area contributed by atoms with Gasteiger partial charge < -0.3 is 15.4 Å². The van der Waals surface area contributed by atoms with Gasteiger partial charge in [-0.25, -0.2) is 4.79 Å². The van der Waals surface area contributed by atoms with Crippen LogP contribution in [0.15, 0.2) is 18.2 Å². The third-order valence-electron chi connectivity index (χ3n) is 4.31. The number of nitrogens with two attached hydrogens (primary N) is 1. The van der Waals surface area contributed by atoms with Crippen LogP contribution in [0.1, 0.15) is 38.3 Å². The summed E-state index contributed by atoms with van der Waals surface area (Å²) in [6, 6.07) is 3.77. The molecule has 2 rings (SSSR count). The van der Waals surface area contributed by atoms with E-state index in [1.807, 2.05) is 4.90 Å². The Morgan fingerprint density at radius 1 is 1.35 bits per heavy atom. The van der Waals surface area contributed by atoms with E-state index in [9.17, 15) is 18.0 Å². The van der Waals surface area contributed by atoms with Crippen molar-refractivity contribution in [3.05, 3.63) is 29.3 Å². The second-order valence-electron chi connectivity index (χ2n) is 7.68. The summed E-state index contributed by atoms with van der Waals surface area (Å²) in [6.45, 7) is 6.64. The van der Waals surface area contributed by atoms with E-state index >= 15 is 0 Å². The lowest BCUT2D eigenvalue weighted by molar-refractivity contribution is -0.138. The first-order chi connectivity index (χ1) is 11.9. The van der Waals surface area contributed by atoms with Crippen molar-refractivity contribution in [2.75, 3.05) is 25.9 Å². The van der Waals surface area contributed by atoms with Crippen LogP contribution in [-0.4, -0.2) is 47.7 Å². The van der Waals surface area contributed by atoms with Gasteiger partial charge in [0.1, 0.15) is 5.60 Å². The molecule has 0 spiro atoms. The highest BCUT2D eigenvalue weighted by Gasteiger charge is 2.35. The predicted molar refractivity (Wildman–Crippen MR) is 93.5 cm³/mol. The lowest BCUT2D eigenvalue weighted by Crippen LogP contribution is -2.42. The van der Waals surface area contributed by atoms with Crippen LogP contribution in [0.2, 0.25) is 0 Å². The fraction of sp³-hybridized carbons (Fsp3) is 0.611. The Morgan fingerprint density at radius 3 is 2.58 bits per heavy atom. The molecule has 1 saturated heterocycles. The molecule has 0 aromatic heterocycles. The van der Waals surface area contributed by atoms with Crippen molar-refractivity contribution in [2.45, 2.75) is 51.6 Å². The number of likely N-dealkylation sites (N-methyl/N-ethyl adjacent to an activating group) is 1. The maximum atomic E-state index is 13.2. The minimum Gasteiger partial charge on any atom is -0.444 e. The first kappa shape index (κ1) is 20.4. The van der Waals surface area contributed by atoms with Crippen molar-refractivity contribution in [1.29, 1.82) is 0 Å².